The number of hydrogen-bond donors (Lipinski definition) is 1. The molecule has 0 aromatic heterocycles. The Hall–Kier alpha value is -4.93. The molecular formula is C28H29N3O8. The standard InChI is InChI=1S/C28H29N3O8/c1-28(20-32,25(17-30(35)36)23-13-15-24(37-2)16-14-23)31(27(34)39-19-22-11-7-4-8-12-22)29-26(33)38-18-21-9-5-3-6-10-21/h3-16,20,25H,17-19H2,1-2H3,(H,29,33)/t25-,28-/m1/s1. The Labute approximate surface area is 225 Å². The van der Waals surface area contributed by atoms with Crippen molar-refractivity contribution in [1.82, 2.24) is 10.4 Å². The molecule has 3 aromatic rings. The first-order valence-corrected chi connectivity index (χ1v) is 12.0. The predicted octanol–water partition coefficient (Wildman–Crippen LogP) is 4.49. The van der Waals surface area contributed by atoms with E-state index in [1.54, 1.807) is 84.9 Å². The molecule has 0 radical (unpaired) electrons. The molecule has 3 rings (SSSR count). The maximum Gasteiger partial charge on any atom is 0.430 e. The summed E-state index contributed by atoms with van der Waals surface area (Å²) in [5.41, 5.74) is 2.03. The number of hydrazine groups is 1. The molecule has 3 aromatic carbocycles. The molecule has 204 valence electrons. The van der Waals surface area contributed by atoms with E-state index in [1.165, 1.54) is 14.0 Å². The summed E-state index contributed by atoms with van der Waals surface area (Å²) in [7, 11) is 1.47. The van der Waals surface area contributed by atoms with Crippen LogP contribution in [0.2, 0.25) is 0 Å². The van der Waals surface area contributed by atoms with Gasteiger partial charge in [0.2, 0.25) is 6.54 Å². The zero-order chi connectivity index (χ0) is 28.3. The van der Waals surface area contributed by atoms with Crippen LogP contribution in [0, 0.1) is 10.1 Å². The van der Waals surface area contributed by atoms with Crippen LogP contribution in [0.3, 0.4) is 0 Å². The third-order valence-corrected chi connectivity index (χ3v) is 6.08. The van der Waals surface area contributed by atoms with Crippen molar-refractivity contribution < 1.29 is 33.5 Å². The molecule has 0 aliphatic carbocycles. The first-order valence-electron chi connectivity index (χ1n) is 12.0. The lowest BCUT2D eigenvalue weighted by atomic mass is 9.81. The molecule has 0 fully saturated rings. The summed E-state index contributed by atoms with van der Waals surface area (Å²) in [6.45, 7) is 0.285. The number of methoxy groups -OCH3 is 1. The van der Waals surface area contributed by atoms with Crippen LogP contribution in [0.25, 0.3) is 0 Å². The third-order valence-electron chi connectivity index (χ3n) is 6.08. The first kappa shape index (κ1) is 28.6. The lowest BCUT2D eigenvalue weighted by Crippen LogP contribution is -2.63. The topological polar surface area (TPSA) is 137 Å². The fourth-order valence-electron chi connectivity index (χ4n) is 3.90. The molecule has 2 amide bonds. The molecule has 11 nitrogen and oxygen atoms in total. The highest BCUT2D eigenvalue weighted by atomic mass is 16.6. The average molecular weight is 536 g/mol. The maximum atomic E-state index is 13.3. The summed E-state index contributed by atoms with van der Waals surface area (Å²) in [6, 6.07) is 23.8. The van der Waals surface area contributed by atoms with Crippen LogP contribution in [0.1, 0.15) is 29.5 Å². The molecule has 0 saturated heterocycles. The fraction of sp³-hybridized carbons (Fsp3) is 0.250. The second-order valence-corrected chi connectivity index (χ2v) is 8.73. The van der Waals surface area contributed by atoms with E-state index in [0.717, 1.165) is 0 Å². The Morgan fingerprint density at radius 1 is 0.949 bits per heavy atom. The van der Waals surface area contributed by atoms with E-state index in [0.29, 0.717) is 33.7 Å². The van der Waals surface area contributed by atoms with Gasteiger partial charge >= 0.3 is 12.2 Å². The highest BCUT2D eigenvalue weighted by Crippen LogP contribution is 2.33. The number of rotatable bonds is 11. The van der Waals surface area contributed by atoms with Gasteiger partial charge in [-0.25, -0.2) is 20.0 Å². The van der Waals surface area contributed by atoms with Gasteiger partial charge in [0.05, 0.1) is 13.0 Å². The van der Waals surface area contributed by atoms with E-state index >= 15 is 0 Å². The largest absolute Gasteiger partial charge is 0.497 e. The van der Waals surface area contributed by atoms with Crippen LogP contribution in [0.4, 0.5) is 9.59 Å². The minimum Gasteiger partial charge on any atom is -0.497 e. The zero-order valence-electron chi connectivity index (χ0n) is 21.5. The van der Waals surface area contributed by atoms with E-state index in [9.17, 15) is 24.5 Å². The number of nitrogens with one attached hydrogen (secondary N) is 1. The first-order chi connectivity index (χ1) is 18.8. The Kier molecular flexibility index (Phi) is 9.96. The van der Waals surface area contributed by atoms with E-state index in [2.05, 4.69) is 5.43 Å². The third kappa shape index (κ3) is 7.78. The van der Waals surface area contributed by atoms with E-state index in [-0.39, 0.29) is 13.2 Å². The lowest BCUT2D eigenvalue weighted by Gasteiger charge is -2.39. The number of nitro groups is 1. The fourth-order valence-corrected chi connectivity index (χ4v) is 3.90. The van der Waals surface area contributed by atoms with Crippen molar-refractivity contribution in [3.63, 3.8) is 0 Å². The number of aldehydes is 1. The van der Waals surface area contributed by atoms with Crippen molar-refractivity contribution in [3.8, 4) is 5.75 Å². The molecule has 11 heteroatoms. The summed E-state index contributed by atoms with van der Waals surface area (Å²) < 4.78 is 15.8. The Bertz CT molecular complexity index is 1250. The smallest absolute Gasteiger partial charge is 0.430 e. The van der Waals surface area contributed by atoms with E-state index in [1.807, 2.05) is 0 Å². The second-order valence-electron chi connectivity index (χ2n) is 8.73. The molecular weight excluding hydrogens is 506 g/mol. The molecule has 0 heterocycles. The normalized spacial score (nSPS) is 12.8. The minimum atomic E-state index is -1.96. The van der Waals surface area contributed by atoms with Gasteiger partial charge in [-0.2, -0.15) is 0 Å². The number of nitrogens with zero attached hydrogens (tertiary/aromatic N) is 2. The quantitative estimate of drug-likeness (QED) is 0.215. The zero-order valence-corrected chi connectivity index (χ0v) is 21.5. The Morgan fingerprint density at radius 2 is 1.49 bits per heavy atom. The van der Waals surface area contributed by atoms with Crippen LogP contribution >= 0.6 is 0 Å². The molecule has 2 atom stereocenters. The van der Waals surface area contributed by atoms with Gasteiger partial charge in [-0.15, -0.1) is 0 Å². The molecule has 0 unspecified atom stereocenters. The summed E-state index contributed by atoms with van der Waals surface area (Å²) in [5.74, 6) is -0.692. The second kappa shape index (κ2) is 13.6. The van der Waals surface area contributed by atoms with Crippen molar-refractivity contribution in [1.29, 1.82) is 0 Å². The molecule has 0 aliphatic rings. The van der Waals surface area contributed by atoms with Crippen molar-refractivity contribution >= 4 is 18.5 Å². The summed E-state index contributed by atoms with van der Waals surface area (Å²) in [5, 5.41) is 12.3. The van der Waals surface area contributed by atoms with Crippen molar-refractivity contribution in [2.75, 3.05) is 13.7 Å². The van der Waals surface area contributed by atoms with Gasteiger partial charge in [0.25, 0.3) is 0 Å². The van der Waals surface area contributed by atoms with Gasteiger partial charge in [-0.1, -0.05) is 72.8 Å². The summed E-state index contributed by atoms with van der Waals surface area (Å²) in [6.07, 6.45) is -1.79. The summed E-state index contributed by atoms with van der Waals surface area (Å²) in [4.78, 5) is 49.8. The Morgan fingerprint density at radius 3 is 1.97 bits per heavy atom. The minimum absolute atomic E-state index is 0.117. The van der Waals surface area contributed by atoms with Gasteiger partial charge < -0.3 is 19.0 Å². The van der Waals surface area contributed by atoms with Crippen molar-refractivity contribution in [3.05, 3.63) is 112 Å². The van der Waals surface area contributed by atoms with Gasteiger partial charge in [0.15, 0.2) is 0 Å². The SMILES string of the molecule is COc1ccc([C@@H](C[N+](=O)[O-])[C@@](C)(C=O)N(NC(=O)OCc2ccccc2)C(=O)OCc2ccccc2)cc1. The molecule has 0 bridgehead atoms. The van der Waals surface area contributed by atoms with Crippen LogP contribution in [0.5, 0.6) is 5.75 Å². The van der Waals surface area contributed by atoms with Crippen LogP contribution in [-0.2, 0) is 27.5 Å². The van der Waals surface area contributed by atoms with Crippen LogP contribution in [0.15, 0.2) is 84.9 Å². The highest BCUT2D eigenvalue weighted by Gasteiger charge is 2.48. The number of hydrogen-bond acceptors (Lipinski definition) is 8. The number of carbonyl (C=O) groups excluding carboxylic acids is 3. The lowest BCUT2D eigenvalue weighted by molar-refractivity contribution is -0.485. The molecule has 39 heavy (non-hydrogen) atoms. The number of ether oxygens (including phenoxy) is 3. The average Bonchev–Trinajstić information content (AvgIpc) is 2.97. The van der Waals surface area contributed by atoms with Gasteiger partial charge in [-0.3, -0.25) is 10.1 Å². The monoisotopic (exact) mass is 535 g/mol. The van der Waals surface area contributed by atoms with Gasteiger partial charge in [-0.05, 0) is 35.7 Å². The van der Waals surface area contributed by atoms with Gasteiger partial charge in [0.1, 0.15) is 30.8 Å². The highest BCUT2D eigenvalue weighted by molar-refractivity contribution is 5.80. The van der Waals surface area contributed by atoms with Crippen molar-refractivity contribution in [2.24, 2.45) is 0 Å². The van der Waals surface area contributed by atoms with Crippen LogP contribution in [-0.4, -0.2) is 47.6 Å². The van der Waals surface area contributed by atoms with E-state index in [4.69, 9.17) is 14.2 Å². The number of benzene rings is 3. The number of amides is 2. The summed E-state index contributed by atoms with van der Waals surface area (Å²) >= 11 is 0. The molecule has 0 aliphatic heterocycles. The molecule has 1 N–H and O–H groups in total. The number of carbonyl (C=O) groups is 3. The Balaban J connectivity index is 1.93. The van der Waals surface area contributed by atoms with Gasteiger partial charge in [0, 0.05) is 4.92 Å². The molecule has 0 saturated carbocycles. The predicted molar refractivity (Wildman–Crippen MR) is 140 cm³/mol. The van der Waals surface area contributed by atoms with E-state index < -0.39 is 35.1 Å². The van der Waals surface area contributed by atoms with Crippen LogP contribution < -0.4 is 10.2 Å². The molecule has 0 spiro atoms. The van der Waals surface area contributed by atoms with Crippen molar-refractivity contribution in [2.45, 2.75) is 31.6 Å². The maximum absolute atomic E-state index is 13.3.